The van der Waals surface area contributed by atoms with Crippen molar-refractivity contribution >= 4 is 47.1 Å². The van der Waals surface area contributed by atoms with E-state index in [1.54, 1.807) is 11.7 Å². The number of aliphatic hydroxyl groups is 1. The Kier molecular flexibility index (Phi) is 7.06. The molecule has 3 rings (SSSR count). The molecule has 156 valence electrons. The van der Waals surface area contributed by atoms with Crippen molar-refractivity contribution in [1.82, 2.24) is 30.4 Å². The van der Waals surface area contributed by atoms with Crippen LogP contribution in [0.2, 0.25) is 0 Å². The van der Waals surface area contributed by atoms with Gasteiger partial charge in [0.2, 0.25) is 11.1 Å². The Labute approximate surface area is 179 Å². The van der Waals surface area contributed by atoms with Crippen LogP contribution in [0.3, 0.4) is 0 Å². The molecule has 0 spiro atoms. The fraction of sp³-hybridized carbons (Fsp3) is 0.600. The Balaban J connectivity index is 1.72. The number of nitriles is 1. The number of β-lactam (4-membered cyclic amide) rings is 1. The number of rotatable bonds is 9. The molecule has 2 atom stereocenters. The zero-order valence-corrected chi connectivity index (χ0v) is 18.1. The molecule has 11 nitrogen and oxygen atoms in total. The van der Waals surface area contributed by atoms with Gasteiger partial charge in [0, 0.05) is 31.4 Å². The number of thioether (sulfide) groups is 3. The lowest BCUT2D eigenvalue weighted by molar-refractivity contribution is -0.191. The molecular formula is C15H19N7O4S3. The van der Waals surface area contributed by atoms with Crippen LogP contribution in [0.4, 0.5) is 0 Å². The number of tetrazole rings is 1. The predicted octanol–water partition coefficient (Wildman–Crippen LogP) is -0.821. The maximum Gasteiger partial charge on any atom is 0.284 e. The minimum absolute atomic E-state index is 0.0552. The number of aromatic nitrogens is 4. The molecule has 1 fully saturated rings. The van der Waals surface area contributed by atoms with Crippen molar-refractivity contribution in [3.63, 3.8) is 0 Å². The third-order valence-corrected chi connectivity index (χ3v) is 7.66. The Morgan fingerprint density at radius 3 is 3.00 bits per heavy atom. The summed E-state index contributed by atoms with van der Waals surface area (Å²) < 4.78 is 6.99. The van der Waals surface area contributed by atoms with Gasteiger partial charge in [0.05, 0.1) is 24.2 Å². The van der Waals surface area contributed by atoms with Crippen molar-refractivity contribution < 1.29 is 19.4 Å². The summed E-state index contributed by atoms with van der Waals surface area (Å²) in [4.78, 5) is 26.6. The van der Waals surface area contributed by atoms with Crippen molar-refractivity contribution in [2.75, 3.05) is 36.7 Å². The zero-order chi connectivity index (χ0) is 21.0. The van der Waals surface area contributed by atoms with E-state index in [0.717, 1.165) is 17.3 Å². The van der Waals surface area contributed by atoms with E-state index < -0.39 is 17.0 Å². The second-order valence-corrected chi connectivity index (χ2v) is 9.06. The van der Waals surface area contributed by atoms with Crippen LogP contribution >= 0.6 is 35.3 Å². The van der Waals surface area contributed by atoms with Crippen LogP contribution in [-0.2, 0) is 21.4 Å². The summed E-state index contributed by atoms with van der Waals surface area (Å²) >= 11 is 4.02. The number of hydrogen-bond donors (Lipinski definition) is 2. The summed E-state index contributed by atoms with van der Waals surface area (Å²) in [5, 5.41) is 32.6. The van der Waals surface area contributed by atoms with Gasteiger partial charge in [-0.05, 0) is 16.0 Å². The van der Waals surface area contributed by atoms with E-state index in [1.807, 2.05) is 6.07 Å². The molecule has 29 heavy (non-hydrogen) atoms. The van der Waals surface area contributed by atoms with E-state index >= 15 is 0 Å². The number of ether oxygens (including phenoxy) is 1. The van der Waals surface area contributed by atoms with Crippen molar-refractivity contribution in [2.45, 2.75) is 16.3 Å². The maximum atomic E-state index is 12.9. The normalized spacial score (nSPS) is 23.4. The number of aliphatic hydroxyl groups excluding tert-OH is 1. The van der Waals surface area contributed by atoms with Crippen molar-refractivity contribution in [2.24, 2.45) is 7.05 Å². The Bertz CT molecular complexity index is 870. The van der Waals surface area contributed by atoms with Crippen molar-refractivity contribution in [3.8, 4) is 6.07 Å². The minimum Gasteiger partial charge on any atom is -0.390 e. The Morgan fingerprint density at radius 1 is 1.59 bits per heavy atom. The summed E-state index contributed by atoms with van der Waals surface area (Å²) in [6.07, 6.45) is 0. The molecule has 0 aromatic carbocycles. The summed E-state index contributed by atoms with van der Waals surface area (Å²) in [6, 6.07) is 1.95. The highest BCUT2D eigenvalue weighted by Crippen LogP contribution is 2.47. The fourth-order valence-corrected chi connectivity index (χ4v) is 5.95. The lowest BCUT2D eigenvalue weighted by atomic mass is 9.98. The second-order valence-electron chi connectivity index (χ2n) is 6.06. The summed E-state index contributed by atoms with van der Waals surface area (Å²) in [5.74, 6) is 0.511. The van der Waals surface area contributed by atoms with E-state index in [4.69, 9.17) is 10.00 Å². The number of carbonyl (C=O) groups is 2. The maximum absolute atomic E-state index is 12.9. The highest BCUT2D eigenvalue weighted by molar-refractivity contribution is 8.01. The molecule has 1 aromatic rings. The number of amides is 2. The largest absolute Gasteiger partial charge is 0.390 e. The molecular weight excluding hydrogens is 438 g/mol. The second kappa shape index (κ2) is 9.35. The van der Waals surface area contributed by atoms with Gasteiger partial charge in [-0.3, -0.25) is 14.5 Å². The Morgan fingerprint density at radius 2 is 2.38 bits per heavy atom. The monoisotopic (exact) mass is 457 g/mol. The SMILES string of the molecule is CO[C@@]1(NC(=O)CSCC#N)C(=O)N2C(CO)=C(CSc3nnnn3C)CS[C@@H]21. The molecule has 0 aliphatic carbocycles. The molecule has 2 aliphatic rings. The zero-order valence-electron chi connectivity index (χ0n) is 15.7. The van der Waals surface area contributed by atoms with Crippen LogP contribution in [0.5, 0.6) is 0 Å². The van der Waals surface area contributed by atoms with Crippen molar-refractivity contribution in [3.05, 3.63) is 11.3 Å². The fourth-order valence-electron chi connectivity index (χ4n) is 2.99. The van der Waals surface area contributed by atoms with Crippen LogP contribution in [0, 0.1) is 11.3 Å². The first-order chi connectivity index (χ1) is 14.0. The van der Waals surface area contributed by atoms with E-state index in [0.29, 0.717) is 22.4 Å². The summed E-state index contributed by atoms with van der Waals surface area (Å²) in [5.41, 5.74) is -0.0560. The molecule has 1 aromatic heterocycles. The highest BCUT2D eigenvalue weighted by Gasteiger charge is 2.65. The number of hydrogen-bond acceptors (Lipinski definition) is 11. The lowest BCUT2D eigenvalue weighted by Gasteiger charge is -2.56. The number of nitrogens with zero attached hydrogens (tertiary/aromatic N) is 6. The van der Waals surface area contributed by atoms with E-state index in [9.17, 15) is 14.7 Å². The standard InChI is InChI=1S/C15H19N7O4S3/c1-21-14(18-19-20-21)29-7-9-6-28-13-15(26-2,12(25)22(13)10(9)5-23)17-11(24)8-27-4-3-16/h13,23H,4-8H2,1-2H3,(H,17,24)/t13-,15+/m1/s1. The van der Waals surface area contributed by atoms with E-state index in [2.05, 4.69) is 20.8 Å². The number of aryl methyl sites for hydroxylation is 1. The molecule has 2 amide bonds. The van der Waals surface area contributed by atoms with Crippen LogP contribution in [0.25, 0.3) is 0 Å². The molecule has 0 saturated carbocycles. The van der Waals surface area contributed by atoms with Crippen LogP contribution in [-0.4, -0.2) is 89.9 Å². The third-order valence-electron chi connectivity index (χ3n) is 4.39. The van der Waals surface area contributed by atoms with Gasteiger partial charge in [-0.15, -0.1) is 28.6 Å². The van der Waals surface area contributed by atoms with Crippen LogP contribution in [0.15, 0.2) is 16.4 Å². The van der Waals surface area contributed by atoms with Gasteiger partial charge in [0.1, 0.15) is 5.37 Å². The topological polar surface area (TPSA) is 146 Å². The van der Waals surface area contributed by atoms with E-state index in [-0.39, 0.29) is 24.0 Å². The lowest BCUT2D eigenvalue weighted by Crippen LogP contribution is -2.80. The molecule has 0 radical (unpaired) electrons. The van der Waals surface area contributed by atoms with Gasteiger partial charge < -0.3 is 15.2 Å². The Hall–Kier alpha value is -1.79. The average Bonchev–Trinajstić information content (AvgIpc) is 3.14. The number of methoxy groups -OCH3 is 1. The van der Waals surface area contributed by atoms with Gasteiger partial charge in [0.15, 0.2) is 0 Å². The van der Waals surface area contributed by atoms with Gasteiger partial charge in [-0.2, -0.15) is 5.26 Å². The quantitative estimate of drug-likeness (QED) is 0.207. The summed E-state index contributed by atoms with van der Waals surface area (Å²) in [6.45, 7) is -0.304. The molecule has 1 saturated heterocycles. The van der Waals surface area contributed by atoms with Gasteiger partial charge in [-0.1, -0.05) is 11.8 Å². The highest BCUT2D eigenvalue weighted by atomic mass is 32.2. The first-order valence-corrected chi connectivity index (χ1v) is 11.6. The third kappa shape index (κ3) is 4.10. The molecule has 0 unspecified atom stereocenters. The number of fused-ring (bicyclic) bond motifs is 1. The number of nitrogens with one attached hydrogen (secondary N) is 1. The van der Waals surface area contributed by atoms with Crippen LogP contribution in [0.1, 0.15) is 0 Å². The minimum atomic E-state index is -1.47. The first kappa shape index (κ1) is 21.9. The number of carbonyl (C=O) groups excluding carboxylic acids is 2. The molecule has 0 bridgehead atoms. The van der Waals surface area contributed by atoms with E-state index in [1.165, 1.54) is 35.5 Å². The molecule has 2 aliphatic heterocycles. The smallest absolute Gasteiger partial charge is 0.284 e. The van der Waals surface area contributed by atoms with Gasteiger partial charge >= 0.3 is 0 Å². The predicted molar refractivity (Wildman–Crippen MR) is 108 cm³/mol. The van der Waals surface area contributed by atoms with Gasteiger partial charge in [-0.25, -0.2) is 4.68 Å². The molecule has 2 N–H and O–H groups in total. The molecule has 14 heteroatoms. The average molecular weight is 458 g/mol. The van der Waals surface area contributed by atoms with Crippen LogP contribution < -0.4 is 5.32 Å². The first-order valence-electron chi connectivity index (χ1n) is 8.41. The molecule has 3 heterocycles. The van der Waals surface area contributed by atoms with Gasteiger partial charge in [0.25, 0.3) is 11.6 Å². The van der Waals surface area contributed by atoms with Crippen molar-refractivity contribution in [1.29, 1.82) is 5.26 Å². The summed E-state index contributed by atoms with van der Waals surface area (Å²) in [7, 11) is 3.10.